The Morgan fingerprint density at radius 1 is 1.34 bits per heavy atom. The van der Waals surface area contributed by atoms with Crippen LogP contribution in [0.25, 0.3) is 17.7 Å². The van der Waals surface area contributed by atoms with Gasteiger partial charge in [-0.3, -0.25) is 4.99 Å². The van der Waals surface area contributed by atoms with Gasteiger partial charge in [0.05, 0.1) is 30.1 Å². The van der Waals surface area contributed by atoms with Crippen LogP contribution in [-0.4, -0.2) is 33.9 Å². The van der Waals surface area contributed by atoms with Gasteiger partial charge < -0.3 is 9.47 Å². The zero-order valence-electron chi connectivity index (χ0n) is 19.4. The Morgan fingerprint density at radius 2 is 2.06 bits per heavy atom. The summed E-state index contributed by atoms with van der Waals surface area (Å²) in [5, 5.41) is 0. The van der Waals surface area contributed by atoms with E-state index in [1.54, 1.807) is 12.4 Å². The number of rotatable bonds is 13. The summed E-state index contributed by atoms with van der Waals surface area (Å²) < 4.78 is 40.9. The molecule has 0 bridgehead atoms. The summed E-state index contributed by atoms with van der Waals surface area (Å²) in [6.45, 7) is 15.1. The van der Waals surface area contributed by atoms with Gasteiger partial charge in [0.2, 0.25) is 0 Å². The molecule has 0 aliphatic heterocycles. The normalized spacial score (nSPS) is 14.1. The highest BCUT2D eigenvalue weighted by Crippen LogP contribution is 2.22. The minimum absolute atomic E-state index is 0.0693. The molecule has 0 aromatic carbocycles. The van der Waals surface area contributed by atoms with Crippen LogP contribution in [0.1, 0.15) is 51.3 Å². The quantitative estimate of drug-likeness (QED) is 0.302. The third kappa shape index (κ3) is 8.57. The van der Waals surface area contributed by atoms with Crippen molar-refractivity contribution in [2.24, 2.45) is 10.9 Å². The number of nitrogens with zero attached hydrogens (tertiary/aromatic N) is 4. The molecule has 0 saturated heterocycles. The van der Waals surface area contributed by atoms with E-state index in [4.69, 9.17) is 0 Å². The first-order valence-corrected chi connectivity index (χ1v) is 10.5. The zero-order chi connectivity index (χ0) is 24.1. The molecule has 4 nitrogen and oxygen atoms in total. The van der Waals surface area contributed by atoms with Crippen LogP contribution in [0.15, 0.2) is 60.6 Å². The highest BCUT2D eigenvalue weighted by Gasteiger charge is 2.16. The predicted molar refractivity (Wildman–Crippen MR) is 130 cm³/mol. The van der Waals surface area contributed by atoms with Crippen molar-refractivity contribution in [3.8, 4) is 0 Å². The van der Waals surface area contributed by atoms with Gasteiger partial charge in [-0.1, -0.05) is 39.5 Å². The number of hydrogen-bond donors (Lipinski definition) is 0. The first-order chi connectivity index (χ1) is 15.3. The number of hydrogen-bond acceptors (Lipinski definition) is 3. The first kappa shape index (κ1) is 26.9. The molecule has 1 unspecified atom stereocenters. The van der Waals surface area contributed by atoms with Crippen molar-refractivity contribution in [3.05, 3.63) is 72.8 Å². The minimum Gasteiger partial charge on any atom is -0.351 e. The van der Waals surface area contributed by atoms with E-state index in [1.165, 1.54) is 23.8 Å². The van der Waals surface area contributed by atoms with Crippen LogP contribution >= 0.6 is 0 Å². The van der Waals surface area contributed by atoms with Gasteiger partial charge in [0, 0.05) is 30.7 Å². The van der Waals surface area contributed by atoms with E-state index in [9.17, 15) is 13.2 Å². The first-order valence-electron chi connectivity index (χ1n) is 10.5. The van der Waals surface area contributed by atoms with Crippen molar-refractivity contribution in [1.82, 2.24) is 14.5 Å². The molecule has 0 aliphatic carbocycles. The maximum Gasteiger partial charge on any atom is 0.142 e. The molecule has 32 heavy (non-hydrogen) atoms. The zero-order valence-corrected chi connectivity index (χ0v) is 19.4. The molecule has 0 fully saturated rings. The van der Waals surface area contributed by atoms with Crippen molar-refractivity contribution in [2.75, 3.05) is 13.2 Å². The number of alkyl halides is 1. The summed E-state index contributed by atoms with van der Waals surface area (Å²) in [5.74, 6) is 0.272. The van der Waals surface area contributed by atoms with E-state index in [0.717, 1.165) is 18.1 Å². The Labute approximate surface area is 189 Å². The fourth-order valence-corrected chi connectivity index (χ4v) is 2.78. The third-order valence-corrected chi connectivity index (χ3v) is 4.63. The molecule has 1 aromatic heterocycles. The highest BCUT2D eigenvalue weighted by atomic mass is 19.1. The molecule has 1 aromatic rings. The van der Waals surface area contributed by atoms with Gasteiger partial charge in [0.1, 0.15) is 12.5 Å². The Morgan fingerprint density at radius 3 is 2.62 bits per heavy atom. The maximum absolute atomic E-state index is 13.5. The van der Waals surface area contributed by atoms with Crippen molar-refractivity contribution in [2.45, 2.75) is 40.7 Å². The number of aliphatic imine (C=N–C) groups is 1. The van der Waals surface area contributed by atoms with Crippen LogP contribution in [0.3, 0.4) is 0 Å². The largest absolute Gasteiger partial charge is 0.351 e. The van der Waals surface area contributed by atoms with Crippen LogP contribution < -0.4 is 0 Å². The van der Waals surface area contributed by atoms with Gasteiger partial charge in [-0.25, -0.2) is 18.2 Å². The summed E-state index contributed by atoms with van der Waals surface area (Å²) in [6.07, 6.45) is 12.7. The summed E-state index contributed by atoms with van der Waals surface area (Å²) in [5.41, 5.74) is 1.82. The van der Waals surface area contributed by atoms with E-state index in [2.05, 4.69) is 43.1 Å². The molecule has 1 rings (SSSR count). The summed E-state index contributed by atoms with van der Waals surface area (Å²) >= 11 is 0. The average molecular weight is 447 g/mol. The van der Waals surface area contributed by atoms with Crippen LogP contribution in [0.2, 0.25) is 0 Å². The number of aromatic nitrogens is 2. The Kier molecular flexibility index (Phi) is 11.8. The SMILES string of the molecule is C=CN(/C=C\C(C)CC)C/C(C)=C/N=C\C(=C)c1nc(/C=C/F)c(/C=C(\C)F)n1CCF. The summed E-state index contributed by atoms with van der Waals surface area (Å²) in [4.78, 5) is 10.6. The maximum atomic E-state index is 13.5. The lowest BCUT2D eigenvalue weighted by atomic mass is 10.1. The molecular formula is C25H33F3N4. The standard InChI is InChI=1S/C25H33F3N4/c1-7-19(3)10-13-31(8-2)18-20(4)16-29-17-21(5)25-30-23(9-11-26)24(15-22(6)28)32(25)14-12-27/h8-11,13,15-17,19H,2,5,7,12,14,18H2,1,3-4,6H3/b11-9+,13-10-,20-16+,22-15+,29-17-. The fourth-order valence-electron chi connectivity index (χ4n) is 2.78. The lowest BCUT2D eigenvalue weighted by Crippen LogP contribution is -2.12. The van der Waals surface area contributed by atoms with E-state index in [0.29, 0.717) is 30.2 Å². The molecule has 0 amide bonds. The Hall–Kier alpha value is -3.09. The Balaban J connectivity index is 3.09. The second-order valence-electron chi connectivity index (χ2n) is 7.43. The van der Waals surface area contributed by atoms with Crippen molar-refractivity contribution < 1.29 is 13.2 Å². The average Bonchev–Trinajstić information content (AvgIpc) is 3.07. The molecular weight excluding hydrogens is 413 g/mol. The van der Waals surface area contributed by atoms with E-state index >= 15 is 0 Å². The van der Waals surface area contributed by atoms with Crippen LogP contribution in [-0.2, 0) is 6.54 Å². The van der Waals surface area contributed by atoms with Gasteiger partial charge >= 0.3 is 0 Å². The minimum atomic E-state index is -0.695. The van der Waals surface area contributed by atoms with Crippen molar-refractivity contribution in [3.63, 3.8) is 0 Å². The number of allylic oxidation sites excluding steroid dienone is 3. The molecule has 174 valence electrons. The summed E-state index contributed by atoms with van der Waals surface area (Å²) in [6, 6.07) is 0. The molecule has 0 N–H and O–H groups in total. The van der Waals surface area contributed by atoms with Crippen molar-refractivity contribution in [1.29, 1.82) is 0 Å². The van der Waals surface area contributed by atoms with Crippen LogP contribution in [0, 0.1) is 5.92 Å². The lowest BCUT2D eigenvalue weighted by molar-refractivity contribution is 0.443. The van der Waals surface area contributed by atoms with Crippen LogP contribution in [0.4, 0.5) is 13.2 Å². The lowest BCUT2D eigenvalue weighted by Gasteiger charge is -2.15. The van der Waals surface area contributed by atoms with Gasteiger partial charge in [-0.05, 0) is 43.7 Å². The summed E-state index contributed by atoms with van der Waals surface area (Å²) in [7, 11) is 0. The van der Waals surface area contributed by atoms with Gasteiger partial charge in [0.25, 0.3) is 0 Å². The monoisotopic (exact) mass is 446 g/mol. The molecule has 0 radical (unpaired) electrons. The molecule has 0 spiro atoms. The number of halogens is 3. The predicted octanol–water partition coefficient (Wildman–Crippen LogP) is 7.12. The molecule has 1 atom stereocenters. The van der Waals surface area contributed by atoms with Gasteiger partial charge in [-0.15, -0.1) is 0 Å². The van der Waals surface area contributed by atoms with Gasteiger partial charge in [-0.2, -0.15) is 0 Å². The molecule has 0 saturated carbocycles. The smallest absolute Gasteiger partial charge is 0.142 e. The van der Waals surface area contributed by atoms with Gasteiger partial charge in [0.15, 0.2) is 0 Å². The molecule has 0 aliphatic rings. The van der Waals surface area contributed by atoms with E-state index in [-0.39, 0.29) is 17.9 Å². The second-order valence-corrected chi connectivity index (χ2v) is 7.43. The van der Waals surface area contributed by atoms with Crippen molar-refractivity contribution >= 4 is 23.9 Å². The Bertz CT molecular complexity index is 916. The van der Waals surface area contributed by atoms with E-state index < -0.39 is 12.5 Å². The molecule has 7 heteroatoms. The third-order valence-electron chi connectivity index (χ3n) is 4.63. The van der Waals surface area contributed by atoms with Crippen LogP contribution in [0.5, 0.6) is 0 Å². The second kappa shape index (κ2) is 14.1. The van der Waals surface area contributed by atoms with E-state index in [1.807, 2.05) is 18.0 Å². The topological polar surface area (TPSA) is 33.4 Å². The highest BCUT2D eigenvalue weighted by molar-refractivity contribution is 6.07. The fraction of sp³-hybridized carbons (Fsp3) is 0.360. The molecule has 1 heterocycles. The number of imidazole rings is 1.